The highest BCUT2D eigenvalue weighted by atomic mass is 79.9. The number of unbranched alkanes of at least 4 members (excludes halogenated alkanes) is 1. The molecule has 0 spiro atoms. The van der Waals surface area contributed by atoms with Gasteiger partial charge in [0.05, 0.1) is 0 Å². The average molecular weight is 317 g/mol. The van der Waals surface area contributed by atoms with Crippen LogP contribution in [0, 0.1) is 0 Å². The summed E-state index contributed by atoms with van der Waals surface area (Å²) in [5.41, 5.74) is 9.33. The Kier molecular flexibility index (Phi) is 3.23. The number of nitrogen functional groups attached to an aromatic ring is 1. The van der Waals surface area contributed by atoms with E-state index in [1.165, 1.54) is 34.6 Å². The monoisotopic (exact) mass is 316 g/mol. The van der Waals surface area contributed by atoms with Crippen LogP contribution in [0.5, 0.6) is 0 Å². The smallest absolute Gasteiger partial charge is 0.0492 e. The normalized spacial score (nSPS) is 11.5. The maximum absolute atomic E-state index is 5.94. The van der Waals surface area contributed by atoms with Crippen molar-refractivity contribution in [3.63, 3.8) is 0 Å². The molecule has 98 valence electrons. The summed E-state index contributed by atoms with van der Waals surface area (Å²) in [6, 6.07) is 12.7. The molecule has 0 fully saturated rings. The fraction of sp³-hybridized carbons (Fsp3) is 0.250. The average Bonchev–Trinajstić information content (AvgIpc) is 2.69. The van der Waals surface area contributed by atoms with E-state index >= 15 is 0 Å². The summed E-state index contributed by atoms with van der Waals surface area (Å²) in [7, 11) is 0. The molecule has 3 rings (SSSR count). The number of rotatable bonds is 3. The van der Waals surface area contributed by atoms with E-state index in [0.29, 0.717) is 0 Å². The second-order valence-electron chi connectivity index (χ2n) is 4.94. The predicted molar refractivity (Wildman–Crippen MR) is 86.5 cm³/mol. The van der Waals surface area contributed by atoms with Gasteiger partial charge < -0.3 is 10.3 Å². The highest BCUT2D eigenvalue weighted by Gasteiger charge is 2.10. The van der Waals surface area contributed by atoms with E-state index in [1.54, 1.807) is 0 Å². The van der Waals surface area contributed by atoms with Crippen LogP contribution in [0.3, 0.4) is 0 Å². The lowest BCUT2D eigenvalue weighted by atomic mass is 10.1. The molecule has 0 bridgehead atoms. The molecule has 0 saturated carbocycles. The van der Waals surface area contributed by atoms with Crippen molar-refractivity contribution in [3.05, 3.63) is 40.9 Å². The highest BCUT2D eigenvalue weighted by molar-refractivity contribution is 9.10. The second-order valence-corrected chi connectivity index (χ2v) is 5.86. The molecule has 3 aromatic rings. The van der Waals surface area contributed by atoms with Crippen molar-refractivity contribution in [1.29, 1.82) is 0 Å². The number of halogens is 1. The molecule has 2 N–H and O–H groups in total. The minimum atomic E-state index is 0.821. The number of anilines is 1. The Morgan fingerprint density at radius 1 is 1.05 bits per heavy atom. The van der Waals surface area contributed by atoms with Crippen molar-refractivity contribution in [3.8, 4) is 0 Å². The van der Waals surface area contributed by atoms with Gasteiger partial charge in [-0.05, 0) is 42.8 Å². The van der Waals surface area contributed by atoms with Crippen LogP contribution in [0.15, 0.2) is 40.9 Å². The Bertz CT molecular complexity index is 684. The van der Waals surface area contributed by atoms with Crippen molar-refractivity contribution >= 4 is 43.4 Å². The van der Waals surface area contributed by atoms with Crippen molar-refractivity contribution in [2.45, 2.75) is 26.3 Å². The first-order chi connectivity index (χ1) is 9.20. The predicted octanol–water partition coefficient (Wildman–Crippen LogP) is 4.94. The molecule has 1 aromatic heterocycles. The van der Waals surface area contributed by atoms with Crippen LogP contribution >= 0.6 is 15.9 Å². The summed E-state index contributed by atoms with van der Waals surface area (Å²) in [6.45, 7) is 3.28. The molecule has 0 radical (unpaired) electrons. The molecule has 0 aliphatic rings. The van der Waals surface area contributed by atoms with Gasteiger partial charge in [-0.15, -0.1) is 0 Å². The maximum atomic E-state index is 5.94. The number of nitrogens with two attached hydrogens (primary N) is 1. The van der Waals surface area contributed by atoms with E-state index in [9.17, 15) is 0 Å². The Hall–Kier alpha value is -1.48. The van der Waals surface area contributed by atoms with Gasteiger partial charge in [0.15, 0.2) is 0 Å². The quantitative estimate of drug-likeness (QED) is 0.682. The van der Waals surface area contributed by atoms with E-state index in [2.05, 4.69) is 57.8 Å². The zero-order valence-corrected chi connectivity index (χ0v) is 12.6. The van der Waals surface area contributed by atoms with Gasteiger partial charge in [-0.25, -0.2) is 0 Å². The molecule has 0 aliphatic carbocycles. The molecular weight excluding hydrogens is 300 g/mol. The van der Waals surface area contributed by atoms with E-state index in [1.807, 2.05) is 6.07 Å². The number of aromatic nitrogens is 1. The minimum Gasteiger partial charge on any atom is -0.399 e. The Morgan fingerprint density at radius 3 is 2.47 bits per heavy atom. The van der Waals surface area contributed by atoms with Gasteiger partial charge in [-0.2, -0.15) is 0 Å². The largest absolute Gasteiger partial charge is 0.399 e. The first kappa shape index (κ1) is 12.5. The highest BCUT2D eigenvalue weighted by Crippen LogP contribution is 2.32. The van der Waals surface area contributed by atoms with Gasteiger partial charge in [0.25, 0.3) is 0 Å². The first-order valence-electron chi connectivity index (χ1n) is 6.67. The van der Waals surface area contributed by atoms with Gasteiger partial charge in [0.1, 0.15) is 0 Å². The summed E-state index contributed by atoms with van der Waals surface area (Å²) < 4.78 is 3.51. The van der Waals surface area contributed by atoms with E-state index in [-0.39, 0.29) is 0 Å². The molecule has 0 aliphatic heterocycles. The molecule has 0 unspecified atom stereocenters. The van der Waals surface area contributed by atoms with E-state index < -0.39 is 0 Å². The Labute approximate surface area is 121 Å². The lowest BCUT2D eigenvalue weighted by Gasteiger charge is -2.06. The standard InChI is InChI=1S/C16H17BrN2/c1-2-3-8-19-15-6-4-11(17)9-13(15)14-10-12(18)5-7-16(14)19/h4-7,9-10H,2-3,8,18H2,1H3. The van der Waals surface area contributed by atoms with Gasteiger partial charge in [0, 0.05) is 38.5 Å². The fourth-order valence-corrected chi connectivity index (χ4v) is 3.01. The number of hydrogen-bond donors (Lipinski definition) is 1. The maximum Gasteiger partial charge on any atom is 0.0492 e. The molecule has 0 amide bonds. The third kappa shape index (κ3) is 2.12. The number of hydrogen-bond acceptors (Lipinski definition) is 1. The lowest BCUT2D eigenvalue weighted by Crippen LogP contribution is -1.97. The zero-order chi connectivity index (χ0) is 13.4. The molecule has 19 heavy (non-hydrogen) atoms. The second kappa shape index (κ2) is 4.89. The number of aryl methyl sites for hydroxylation is 1. The molecule has 3 heteroatoms. The molecule has 1 heterocycles. The third-order valence-corrected chi connectivity index (χ3v) is 4.08. The van der Waals surface area contributed by atoms with Crippen molar-refractivity contribution in [2.75, 3.05) is 5.73 Å². The molecule has 0 saturated heterocycles. The molecule has 2 nitrogen and oxygen atoms in total. The van der Waals surface area contributed by atoms with E-state index in [0.717, 1.165) is 16.7 Å². The van der Waals surface area contributed by atoms with E-state index in [4.69, 9.17) is 5.73 Å². The third-order valence-electron chi connectivity index (χ3n) is 3.59. The number of benzene rings is 2. The molecular formula is C16H17BrN2. The summed E-state index contributed by atoms with van der Waals surface area (Å²) in [5, 5.41) is 2.51. The van der Waals surface area contributed by atoms with Crippen LogP contribution in [-0.4, -0.2) is 4.57 Å². The summed E-state index contributed by atoms with van der Waals surface area (Å²) in [5.74, 6) is 0. The summed E-state index contributed by atoms with van der Waals surface area (Å²) >= 11 is 3.56. The van der Waals surface area contributed by atoms with Crippen molar-refractivity contribution in [1.82, 2.24) is 4.57 Å². The Balaban J connectivity index is 2.36. The van der Waals surface area contributed by atoms with Crippen LogP contribution in [0.25, 0.3) is 21.8 Å². The van der Waals surface area contributed by atoms with Crippen LogP contribution < -0.4 is 5.73 Å². The zero-order valence-electron chi connectivity index (χ0n) is 11.0. The van der Waals surface area contributed by atoms with Crippen LogP contribution in [-0.2, 0) is 6.54 Å². The van der Waals surface area contributed by atoms with Crippen molar-refractivity contribution < 1.29 is 0 Å². The lowest BCUT2D eigenvalue weighted by molar-refractivity contribution is 0.665. The first-order valence-corrected chi connectivity index (χ1v) is 7.47. The minimum absolute atomic E-state index is 0.821. The number of nitrogens with zero attached hydrogens (tertiary/aromatic N) is 1. The topological polar surface area (TPSA) is 30.9 Å². The molecule has 2 aromatic carbocycles. The summed E-state index contributed by atoms with van der Waals surface area (Å²) in [4.78, 5) is 0. The fourth-order valence-electron chi connectivity index (χ4n) is 2.65. The van der Waals surface area contributed by atoms with Crippen LogP contribution in [0.1, 0.15) is 19.8 Å². The van der Waals surface area contributed by atoms with Crippen molar-refractivity contribution in [2.24, 2.45) is 0 Å². The van der Waals surface area contributed by atoms with Gasteiger partial charge in [-0.1, -0.05) is 29.3 Å². The number of fused-ring (bicyclic) bond motifs is 3. The van der Waals surface area contributed by atoms with Gasteiger partial charge >= 0.3 is 0 Å². The van der Waals surface area contributed by atoms with Crippen LogP contribution in [0.4, 0.5) is 5.69 Å². The van der Waals surface area contributed by atoms with Gasteiger partial charge in [0.2, 0.25) is 0 Å². The SMILES string of the molecule is CCCCn1c2ccc(N)cc2c2cc(Br)ccc21. The molecule has 0 atom stereocenters. The Morgan fingerprint density at radius 2 is 1.74 bits per heavy atom. The van der Waals surface area contributed by atoms with Crippen LogP contribution in [0.2, 0.25) is 0 Å². The summed E-state index contributed by atoms with van der Waals surface area (Å²) in [6.07, 6.45) is 2.39. The van der Waals surface area contributed by atoms with Gasteiger partial charge in [-0.3, -0.25) is 0 Å².